The van der Waals surface area contributed by atoms with Crippen LogP contribution in [0.1, 0.15) is 32.9 Å². The van der Waals surface area contributed by atoms with Gasteiger partial charge in [-0.05, 0) is 42.9 Å². The fraction of sp³-hybridized carbons (Fsp3) is 0.727. The molecule has 0 aliphatic carbocycles. The summed E-state index contributed by atoms with van der Waals surface area (Å²) in [6, 6.07) is 0. The van der Waals surface area contributed by atoms with E-state index < -0.39 is 0 Å². The number of nitrogens with zero attached hydrogens (tertiary/aromatic N) is 2. The molecule has 0 unspecified atom stereocenters. The van der Waals surface area contributed by atoms with Gasteiger partial charge in [0.2, 0.25) is 0 Å². The Labute approximate surface area is 100 Å². The zero-order valence-electron chi connectivity index (χ0n) is 9.97. The lowest BCUT2D eigenvalue weighted by atomic mass is 9.85. The predicted molar refractivity (Wildman–Crippen MR) is 67.2 cm³/mol. The van der Waals surface area contributed by atoms with E-state index in [0.29, 0.717) is 0 Å². The summed E-state index contributed by atoms with van der Waals surface area (Å²) in [5.74, 6) is 0. The Morgan fingerprint density at radius 3 is 2.73 bits per heavy atom. The highest BCUT2D eigenvalue weighted by atomic mass is 79.9. The van der Waals surface area contributed by atoms with Gasteiger partial charge in [0.1, 0.15) is 0 Å². The average molecular weight is 274 g/mol. The Bertz CT molecular complexity index is 318. The zero-order valence-corrected chi connectivity index (χ0v) is 11.6. The second-order valence-electron chi connectivity index (χ2n) is 4.39. The van der Waals surface area contributed by atoms with Crippen molar-refractivity contribution in [3.8, 4) is 0 Å². The van der Waals surface area contributed by atoms with Crippen molar-refractivity contribution in [3.05, 3.63) is 16.4 Å². The minimum atomic E-state index is 0.147. The van der Waals surface area contributed by atoms with Crippen LogP contribution in [0.25, 0.3) is 0 Å². The van der Waals surface area contributed by atoms with Crippen LogP contribution in [-0.2, 0) is 12.0 Å². The normalized spacial score (nSPS) is 12.1. The smallest absolute Gasteiger partial charge is 0.0635 e. The van der Waals surface area contributed by atoms with Gasteiger partial charge in [0.25, 0.3) is 0 Å². The van der Waals surface area contributed by atoms with E-state index in [1.54, 1.807) is 0 Å². The third kappa shape index (κ3) is 2.82. The molecule has 0 amide bonds. The summed E-state index contributed by atoms with van der Waals surface area (Å²) in [4.78, 5) is 0. The van der Waals surface area contributed by atoms with E-state index >= 15 is 0 Å². The van der Waals surface area contributed by atoms with Gasteiger partial charge in [-0.1, -0.05) is 13.8 Å². The summed E-state index contributed by atoms with van der Waals surface area (Å²) in [6.07, 6.45) is 2.99. The summed E-state index contributed by atoms with van der Waals surface area (Å²) in [7, 11) is 1.99. The molecular weight excluding hydrogens is 254 g/mol. The first-order valence-electron chi connectivity index (χ1n) is 5.39. The van der Waals surface area contributed by atoms with E-state index in [-0.39, 0.29) is 5.41 Å². The zero-order chi connectivity index (χ0) is 11.5. The van der Waals surface area contributed by atoms with Crippen molar-refractivity contribution in [2.45, 2.75) is 39.2 Å². The van der Waals surface area contributed by atoms with Crippen LogP contribution in [0.4, 0.5) is 0 Å². The van der Waals surface area contributed by atoms with Crippen LogP contribution in [-0.4, -0.2) is 23.4 Å². The Morgan fingerprint density at radius 1 is 1.53 bits per heavy atom. The molecule has 0 fully saturated rings. The maximum atomic E-state index is 4.36. The van der Waals surface area contributed by atoms with E-state index in [1.807, 2.05) is 13.2 Å². The molecule has 0 atom stereocenters. The van der Waals surface area contributed by atoms with Crippen molar-refractivity contribution in [2.24, 2.45) is 0 Å². The van der Waals surface area contributed by atoms with E-state index in [1.165, 1.54) is 5.69 Å². The number of aromatic nitrogens is 2. The third-order valence-electron chi connectivity index (χ3n) is 2.74. The van der Waals surface area contributed by atoms with Crippen LogP contribution in [0.15, 0.2) is 10.7 Å². The highest BCUT2D eigenvalue weighted by Gasteiger charge is 2.26. The maximum absolute atomic E-state index is 4.36. The van der Waals surface area contributed by atoms with Gasteiger partial charge >= 0.3 is 0 Å². The summed E-state index contributed by atoms with van der Waals surface area (Å²) in [5.41, 5.74) is 1.44. The van der Waals surface area contributed by atoms with Crippen LogP contribution >= 0.6 is 15.9 Å². The molecule has 15 heavy (non-hydrogen) atoms. The second-order valence-corrected chi connectivity index (χ2v) is 5.25. The molecule has 0 aromatic carbocycles. The molecule has 1 heterocycles. The molecule has 3 nitrogen and oxygen atoms in total. The number of hydrogen-bond acceptors (Lipinski definition) is 2. The molecule has 0 radical (unpaired) electrons. The average Bonchev–Trinajstić information content (AvgIpc) is 2.57. The van der Waals surface area contributed by atoms with Crippen molar-refractivity contribution in [1.29, 1.82) is 0 Å². The fourth-order valence-electron chi connectivity index (χ4n) is 1.83. The molecule has 4 heteroatoms. The molecular formula is C11H20BrN3. The topological polar surface area (TPSA) is 29.9 Å². The molecule has 0 aliphatic heterocycles. The Morgan fingerprint density at radius 2 is 2.20 bits per heavy atom. The number of rotatable bonds is 5. The number of hydrogen-bond donors (Lipinski definition) is 1. The summed E-state index contributed by atoms with van der Waals surface area (Å²) in [5, 5.41) is 7.56. The highest BCUT2D eigenvalue weighted by Crippen LogP contribution is 2.32. The minimum absolute atomic E-state index is 0.147. The molecule has 1 N–H and O–H groups in total. The van der Waals surface area contributed by atoms with E-state index in [9.17, 15) is 0 Å². The van der Waals surface area contributed by atoms with Crippen LogP contribution in [0, 0.1) is 0 Å². The Hall–Kier alpha value is -0.350. The largest absolute Gasteiger partial charge is 0.320 e. The monoisotopic (exact) mass is 273 g/mol. The highest BCUT2D eigenvalue weighted by molar-refractivity contribution is 9.10. The van der Waals surface area contributed by atoms with Crippen molar-refractivity contribution >= 4 is 15.9 Å². The van der Waals surface area contributed by atoms with E-state index in [2.05, 4.69) is 51.8 Å². The van der Waals surface area contributed by atoms with Gasteiger partial charge in [-0.3, -0.25) is 4.68 Å². The van der Waals surface area contributed by atoms with Crippen LogP contribution in [0.2, 0.25) is 0 Å². The maximum Gasteiger partial charge on any atom is 0.0635 e. The summed E-state index contributed by atoms with van der Waals surface area (Å²) >= 11 is 3.58. The quantitative estimate of drug-likeness (QED) is 0.894. The van der Waals surface area contributed by atoms with Crippen LogP contribution < -0.4 is 5.32 Å². The second kappa shape index (κ2) is 5.12. The van der Waals surface area contributed by atoms with Crippen LogP contribution in [0.5, 0.6) is 0 Å². The fourth-order valence-corrected chi connectivity index (χ4v) is 2.66. The number of nitrogens with one attached hydrogen (secondary N) is 1. The van der Waals surface area contributed by atoms with Crippen molar-refractivity contribution in [2.75, 3.05) is 13.6 Å². The predicted octanol–water partition coefficient (Wildman–Crippen LogP) is 2.55. The van der Waals surface area contributed by atoms with Gasteiger partial charge < -0.3 is 5.32 Å². The van der Waals surface area contributed by atoms with Gasteiger partial charge in [-0.15, -0.1) is 0 Å². The molecule has 0 bridgehead atoms. The number of halogens is 1. The van der Waals surface area contributed by atoms with Gasteiger partial charge in [-0.2, -0.15) is 5.10 Å². The molecule has 1 aromatic heterocycles. The lowest BCUT2D eigenvalue weighted by Crippen LogP contribution is -2.27. The van der Waals surface area contributed by atoms with Gasteiger partial charge in [0.05, 0.1) is 16.4 Å². The number of aryl methyl sites for hydroxylation is 1. The molecule has 0 saturated heterocycles. The standard InChI is InChI=1S/C11H20BrN3/c1-5-15-10(9(12)8-14-15)11(2,3)6-7-13-4/h8,13H,5-7H2,1-4H3. The van der Waals surface area contributed by atoms with Crippen LogP contribution in [0.3, 0.4) is 0 Å². The molecule has 0 spiro atoms. The summed E-state index contributed by atoms with van der Waals surface area (Å²) in [6.45, 7) is 8.59. The SMILES string of the molecule is CCn1ncc(Br)c1C(C)(C)CCNC. The minimum Gasteiger partial charge on any atom is -0.320 e. The summed E-state index contributed by atoms with van der Waals surface area (Å²) < 4.78 is 3.19. The third-order valence-corrected chi connectivity index (χ3v) is 3.32. The Balaban J connectivity index is 2.96. The van der Waals surface area contributed by atoms with Gasteiger partial charge in [0, 0.05) is 12.0 Å². The molecule has 0 saturated carbocycles. The van der Waals surface area contributed by atoms with Crippen molar-refractivity contribution < 1.29 is 0 Å². The first kappa shape index (κ1) is 12.7. The Kier molecular flexibility index (Phi) is 4.34. The van der Waals surface area contributed by atoms with E-state index in [4.69, 9.17) is 0 Å². The van der Waals surface area contributed by atoms with Crippen molar-refractivity contribution in [3.63, 3.8) is 0 Å². The first-order chi connectivity index (χ1) is 7.03. The van der Waals surface area contributed by atoms with Gasteiger partial charge in [0.15, 0.2) is 0 Å². The lowest BCUT2D eigenvalue weighted by Gasteiger charge is -2.26. The molecule has 1 aromatic rings. The molecule has 1 rings (SSSR count). The first-order valence-corrected chi connectivity index (χ1v) is 6.18. The lowest BCUT2D eigenvalue weighted by molar-refractivity contribution is 0.421. The molecule has 86 valence electrons. The van der Waals surface area contributed by atoms with Crippen molar-refractivity contribution in [1.82, 2.24) is 15.1 Å². The molecule has 0 aliphatic rings. The van der Waals surface area contributed by atoms with Gasteiger partial charge in [-0.25, -0.2) is 0 Å². The van der Waals surface area contributed by atoms with E-state index in [0.717, 1.165) is 24.0 Å².